The highest BCUT2D eigenvalue weighted by atomic mass is 19.4. The third kappa shape index (κ3) is 2.63. The fourth-order valence-corrected chi connectivity index (χ4v) is 1.11. The Morgan fingerprint density at radius 2 is 1.88 bits per heavy atom. The van der Waals surface area contributed by atoms with Gasteiger partial charge >= 0.3 is 17.9 Å². The Balaban J connectivity index is 3.66. The SMILES string of the molecule is O=[N+]([O-])c1nc(F)cc(C(F)F)c1C(F)(F)F. The Morgan fingerprint density at radius 1 is 1.35 bits per heavy atom. The second kappa shape index (κ2) is 4.18. The van der Waals surface area contributed by atoms with Crippen LogP contribution in [-0.2, 0) is 6.18 Å². The molecular formula is C7H2F6N2O2. The summed E-state index contributed by atoms with van der Waals surface area (Å²) in [5.41, 5.74) is -4.05. The van der Waals surface area contributed by atoms with Gasteiger partial charge in [-0.15, -0.1) is 0 Å². The summed E-state index contributed by atoms with van der Waals surface area (Å²) in [5, 5.41) is 10.2. The first-order chi connectivity index (χ1) is 7.64. The van der Waals surface area contributed by atoms with Crippen LogP contribution in [-0.4, -0.2) is 9.91 Å². The fraction of sp³-hybridized carbons (Fsp3) is 0.286. The zero-order chi connectivity index (χ0) is 13.4. The highest BCUT2D eigenvalue weighted by molar-refractivity contribution is 5.42. The van der Waals surface area contributed by atoms with Crippen LogP contribution in [0, 0.1) is 16.1 Å². The minimum absolute atomic E-state index is 0.180. The Bertz CT molecular complexity index is 458. The molecule has 0 aliphatic rings. The van der Waals surface area contributed by atoms with Gasteiger partial charge in [-0.1, -0.05) is 0 Å². The minimum Gasteiger partial charge on any atom is -0.358 e. The number of halogens is 6. The number of hydrogen-bond donors (Lipinski definition) is 0. The van der Waals surface area contributed by atoms with Crippen LogP contribution in [0.2, 0.25) is 0 Å². The van der Waals surface area contributed by atoms with Crippen LogP contribution >= 0.6 is 0 Å². The first-order valence-electron chi connectivity index (χ1n) is 3.84. The van der Waals surface area contributed by atoms with Crippen molar-refractivity contribution in [1.29, 1.82) is 0 Å². The van der Waals surface area contributed by atoms with Gasteiger partial charge in [0.05, 0.1) is 0 Å². The van der Waals surface area contributed by atoms with Crippen LogP contribution in [0.25, 0.3) is 0 Å². The van der Waals surface area contributed by atoms with Crippen molar-refractivity contribution in [2.75, 3.05) is 0 Å². The van der Waals surface area contributed by atoms with E-state index in [2.05, 4.69) is 4.98 Å². The van der Waals surface area contributed by atoms with Crippen molar-refractivity contribution < 1.29 is 31.3 Å². The van der Waals surface area contributed by atoms with Crippen molar-refractivity contribution >= 4 is 5.82 Å². The maximum atomic E-state index is 12.6. The van der Waals surface area contributed by atoms with E-state index in [0.717, 1.165) is 0 Å². The molecule has 1 rings (SSSR count). The number of rotatable bonds is 2. The topological polar surface area (TPSA) is 56.0 Å². The first-order valence-corrected chi connectivity index (χ1v) is 3.84. The maximum absolute atomic E-state index is 12.6. The molecule has 4 nitrogen and oxygen atoms in total. The Labute approximate surface area is 89.0 Å². The van der Waals surface area contributed by atoms with Gasteiger partial charge in [-0.05, 0) is 9.91 Å². The Kier molecular flexibility index (Phi) is 3.25. The summed E-state index contributed by atoms with van der Waals surface area (Å²) in [6, 6.07) is -0.180. The van der Waals surface area contributed by atoms with Crippen LogP contribution in [0.3, 0.4) is 0 Å². The lowest BCUT2D eigenvalue weighted by atomic mass is 10.1. The summed E-state index contributed by atoms with van der Waals surface area (Å²) in [5.74, 6) is -3.76. The van der Waals surface area contributed by atoms with Gasteiger partial charge in [0.15, 0.2) is 5.56 Å². The van der Waals surface area contributed by atoms with Crippen molar-refractivity contribution in [1.82, 2.24) is 4.98 Å². The van der Waals surface area contributed by atoms with Crippen LogP contribution in [0.4, 0.5) is 32.2 Å². The average molecular weight is 260 g/mol. The molecule has 1 aromatic rings. The summed E-state index contributed by atoms with van der Waals surface area (Å²) in [7, 11) is 0. The molecule has 0 atom stereocenters. The quantitative estimate of drug-likeness (QED) is 0.355. The zero-order valence-corrected chi connectivity index (χ0v) is 7.63. The second-order valence-corrected chi connectivity index (χ2v) is 2.79. The van der Waals surface area contributed by atoms with E-state index in [9.17, 15) is 36.5 Å². The van der Waals surface area contributed by atoms with E-state index in [1.54, 1.807) is 0 Å². The van der Waals surface area contributed by atoms with E-state index in [4.69, 9.17) is 0 Å². The average Bonchev–Trinajstić information content (AvgIpc) is 2.14. The fourth-order valence-electron chi connectivity index (χ4n) is 1.11. The molecule has 0 unspecified atom stereocenters. The summed E-state index contributed by atoms with van der Waals surface area (Å²) < 4.78 is 74.2. The molecule has 0 saturated heterocycles. The summed E-state index contributed by atoms with van der Waals surface area (Å²) >= 11 is 0. The predicted molar refractivity (Wildman–Crippen MR) is 40.8 cm³/mol. The van der Waals surface area contributed by atoms with E-state index in [-0.39, 0.29) is 6.07 Å². The van der Waals surface area contributed by atoms with Crippen molar-refractivity contribution in [2.24, 2.45) is 0 Å². The number of nitro groups is 1. The van der Waals surface area contributed by atoms with Crippen molar-refractivity contribution in [3.05, 3.63) is 33.3 Å². The number of aromatic nitrogens is 1. The smallest absolute Gasteiger partial charge is 0.358 e. The van der Waals surface area contributed by atoms with E-state index in [0.29, 0.717) is 0 Å². The van der Waals surface area contributed by atoms with Gasteiger partial charge in [0, 0.05) is 11.6 Å². The van der Waals surface area contributed by atoms with Crippen LogP contribution < -0.4 is 0 Å². The number of alkyl halides is 5. The molecular weight excluding hydrogens is 258 g/mol. The summed E-state index contributed by atoms with van der Waals surface area (Å²) in [4.78, 5) is 10.9. The van der Waals surface area contributed by atoms with Crippen LogP contribution in [0.15, 0.2) is 6.07 Å². The maximum Gasteiger partial charge on any atom is 0.425 e. The standard InChI is InChI=1S/C7H2F6N2O2/c8-3-1-2(5(9)10)4(7(11,12)13)6(14-3)15(16)17/h1,5H. The molecule has 0 saturated carbocycles. The summed E-state index contributed by atoms with van der Waals surface area (Å²) in [6.07, 6.45) is -9.13. The van der Waals surface area contributed by atoms with E-state index < -0.39 is 40.4 Å². The molecule has 0 spiro atoms. The van der Waals surface area contributed by atoms with Gasteiger partial charge in [-0.2, -0.15) is 17.6 Å². The number of nitrogens with zero attached hydrogens (tertiary/aromatic N) is 2. The molecule has 0 aromatic carbocycles. The van der Waals surface area contributed by atoms with Crippen molar-refractivity contribution in [3.63, 3.8) is 0 Å². The third-order valence-corrected chi connectivity index (χ3v) is 1.69. The lowest BCUT2D eigenvalue weighted by Crippen LogP contribution is -2.15. The molecule has 0 amide bonds. The molecule has 1 heterocycles. The molecule has 0 aliphatic heterocycles. The highest BCUT2D eigenvalue weighted by Gasteiger charge is 2.44. The molecule has 0 fully saturated rings. The predicted octanol–water partition coefficient (Wildman–Crippen LogP) is 3.09. The monoisotopic (exact) mass is 260 g/mol. The van der Waals surface area contributed by atoms with E-state index >= 15 is 0 Å². The lowest BCUT2D eigenvalue weighted by Gasteiger charge is -2.11. The molecule has 1 aromatic heterocycles. The molecule has 10 heteroatoms. The molecule has 0 N–H and O–H groups in total. The molecule has 94 valence electrons. The Hall–Kier alpha value is -1.87. The highest BCUT2D eigenvalue weighted by Crippen LogP contribution is 2.41. The van der Waals surface area contributed by atoms with Gasteiger partial charge in [0.1, 0.15) is 0 Å². The first kappa shape index (κ1) is 13.2. The lowest BCUT2D eigenvalue weighted by molar-refractivity contribution is -0.393. The zero-order valence-electron chi connectivity index (χ0n) is 7.63. The van der Waals surface area contributed by atoms with Crippen molar-refractivity contribution in [2.45, 2.75) is 12.6 Å². The van der Waals surface area contributed by atoms with E-state index in [1.807, 2.05) is 0 Å². The number of hydrogen-bond acceptors (Lipinski definition) is 3. The van der Waals surface area contributed by atoms with Gasteiger partial charge in [0.25, 0.3) is 6.43 Å². The van der Waals surface area contributed by atoms with Gasteiger partial charge in [-0.25, -0.2) is 8.78 Å². The Morgan fingerprint density at radius 3 is 2.24 bits per heavy atom. The molecule has 0 radical (unpaired) electrons. The minimum atomic E-state index is -5.42. The number of pyridine rings is 1. The van der Waals surface area contributed by atoms with Gasteiger partial charge < -0.3 is 10.1 Å². The molecule has 0 aliphatic carbocycles. The van der Waals surface area contributed by atoms with E-state index in [1.165, 1.54) is 0 Å². The van der Waals surface area contributed by atoms with Crippen molar-refractivity contribution in [3.8, 4) is 0 Å². The summed E-state index contributed by atoms with van der Waals surface area (Å²) in [6.45, 7) is 0. The second-order valence-electron chi connectivity index (χ2n) is 2.79. The van der Waals surface area contributed by atoms with Gasteiger partial charge in [0.2, 0.25) is 0 Å². The molecule has 0 bridgehead atoms. The molecule has 17 heavy (non-hydrogen) atoms. The van der Waals surface area contributed by atoms with Crippen LogP contribution in [0.5, 0.6) is 0 Å². The normalized spacial score (nSPS) is 11.9. The van der Waals surface area contributed by atoms with Crippen LogP contribution in [0.1, 0.15) is 17.6 Å². The third-order valence-electron chi connectivity index (χ3n) is 1.69. The largest absolute Gasteiger partial charge is 0.425 e. The van der Waals surface area contributed by atoms with Gasteiger partial charge in [-0.3, -0.25) is 0 Å².